The Morgan fingerprint density at radius 2 is 1.41 bits per heavy atom. The molecule has 0 unspecified atom stereocenters. The molecular weight excluding hydrogens is 380 g/mol. The molecule has 3 N–H and O–H groups in total. The normalized spacial score (nSPS) is 10.2. The first kappa shape index (κ1) is 19.1. The molecule has 0 spiro atoms. The first-order valence-electron chi connectivity index (χ1n) is 7.89. The van der Waals surface area contributed by atoms with E-state index < -0.39 is 17.9 Å². The molecule has 3 aromatic rings. The van der Waals surface area contributed by atoms with Gasteiger partial charge in [-0.1, -0.05) is 0 Å². The molecule has 0 atom stereocenters. The van der Waals surface area contributed by atoms with Crippen LogP contribution in [0.3, 0.4) is 0 Å². The number of carboxylic acids is 3. The summed E-state index contributed by atoms with van der Waals surface area (Å²) in [6.45, 7) is 0. The second-order valence-corrected chi connectivity index (χ2v) is 5.67. The summed E-state index contributed by atoms with van der Waals surface area (Å²) in [5.41, 5.74) is -0.979. The summed E-state index contributed by atoms with van der Waals surface area (Å²) in [5, 5.41) is 37.2. The van der Waals surface area contributed by atoms with Crippen LogP contribution >= 0.6 is 0 Å². The SMILES string of the molecule is N#Cc1c(C(=O)O)ccnc1-c1cc(C(=O)O)cc(-c2cc(C(=O)O)ccn2)n1. The molecule has 142 valence electrons. The fourth-order valence-corrected chi connectivity index (χ4v) is 2.56. The Balaban J connectivity index is 2.28. The van der Waals surface area contributed by atoms with Crippen LogP contribution in [0, 0.1) is 11.3 Å². The van der Waals surface area contributed by atoms with Gasteiger partial charge in [-0.25, -0.2) is 19.4 Å². The van der Waals surface area contributed by atoms with Gasteiger partial charge in [-0.2, -0.15) is 5.26 Å². The summed E-state index contributed by atoms with van der Waals surface area (Å²) in [7, 11) is 0. The minimum absolute atomic E-state index is 0.0226. The van der Waals surface area contributed by atoms with Crippen LogP contribution in [-0.4, -0.2) is 48.2 Å². The van der Waals surface area contributed by atoms with Gasteiger partial charge in [-0.05, 0) is 30.3 Å². The van der Waals surface area contributed by atoms with Crippen LogP contribution in [0.2, 0.25) is 0 Å². The van der Waals surface area contributed by atoms with Gasteiger partial charge in [0.05, 0.1) is 39.3 Å². The number of carbonyl (C=O) groups is 3. The highest BCUT2D eigenvalue weighted by atomic mass is 16.4. The van der Waals surface area contributed by atoms with Crippen molar-refractivity contribution in [3.05, 3.63) is 65.0 Å². The van der Waals surface area contributed by atoms with Crippen LogP contribution in [-0.2, 0) is 0 Å². The summed E-state index contributed by atoms with van der Waals surface area (Å²) in [6.07, 6.45) is 2.40. The van der Waals surface area contributed by atoms with E-state index in [9.17, 15) is 29.9 Å². The highest BCUT2D eigenvalue weighted by Crippen LogP contribution is 2.27. The van der Waals surface area contributed by atoms with Crippen molar-refractivity contribution < 1.29 is 29.7 Å². The molecule has 0 saturated heterocycles. The lowest BCUT2D eigenvalue weighted by Gasteiger charge is -2.09. The van der Waals surface area contributed by atoms with Crippen LogP contribution in [0.15, 0.2) is 42.7 Å². The largest absolute Gasteiger partial charge is 0.478 e. The average Bonchev–Trinajstić information content (AvgIpc) is 2.72. The zero-order chi connectivity index (χ0) is 21.1. The molecule has 0 aromatic carbocycles. The quantitative estimate of drug-likeness (QED) is 0.585. The summed E-state index contributed by atoms with van der Waals surface area (Å²) in [6, 6.07) is 7.70. The van der Waals surface area contributed by atoms with Gasteiger partial charge in [-0.15, -0.1) is 0 Å². The van der Waals surface area contributed by atoms with Gasteiger partial charge in [-0.3, -0.25) is 9.97 Å². The predicted molar refractivity (Wildman–Crippen MR) is 96.3 cm³/mol. The van der Waals surface area contributed by atoms with Crippen molar-refractivity contribution >= 4 is 17.9 Å². The van der Waals surface area contributed by atoms with Gasteiger partial charge in [0.1, 0.15) is 11.8 Å². The maximum absolute atomic E-state index is 11.6. The van der Waals surface area contributed by atoms with Gasteiger partial charge in [0.25, 0.3) is 0 Å². The van der Waals surface area contributed by atoms with E-state index in [1.165, 1.54) is 24.4 Å². The molecule has 0 saturated carbocycles. The molecule has 29 heavy (non-hydrogen) atoms. The Morgan fingerprint density at radius 1 is 0.793 bits per heavy atom. The minimum Gasteiger partial charge on any atom is -0.478 e. The third-order valence-electron chi connectivity index (χ3n) is 3.88. The van der Waals surface area contributed by atoms with E-state index in [4.69, 9.17) is 5.11 Å². The van der Waals surface area contributed by atoms with E-state index in [1.807, 2.05) is 0 Å². The highest BCUT2D eigenvalue weighted by molar-refractivity contribution is 5.94. The van der Waals surface area contributed by atoms with E-state index in [0.29, 0.717) is 0 Å². The molecule has 0 aliphatic rings. The van der Waals surface area contributed by atoms with Gasteiger partial charge < -0.3 is 15.3 Å². The van der Waals surface area contributed by atoms with Gasteiger partial charge in [0.15, 0.2) is 0 Å². The lowest BCUT2D eigenvalue weighted by atomic mass is 10.0. The number of aromatic nitrogens is 3. The molecule has 3 aromatic heterocycles. The van der Waals surface area contributed by atoms with Crippen LogP contribution in [0.5, 0.6) is 0 Å². The standard InChI is InChI=1S/C19H10N4O6/c20-8-12-11(19(28)29)2-4-22-16(12)15-7-10(18(26)27)6-14(23-15)13-5-9(17(24)25)1-3-21-13/h1-7H,(H,24,25)(H,26,27)(H,28,29). The zero-order valence-electron chi connectivity index (χ0n) is 14.4. The lowest BCUT2D eigenvalue weighted by molar-refractivity contribution is 0.0685. The van der Waals surface area contributed by atoms with Crippen LogP contribution in [0.25, 0.3) is 22.8 Å². The predicted octanol–water partition coefficient (Wildman–Crippen LogP) is 2.17. The van der Waals surface area contributed by atoms with Crippen molar-refractivity contribution in [1.82, 2.24) is 15.0 Å². The molecule has 0 bridgehead atoms. The van der Waals surface area contributed by atoms with Crippen molar-refractivity contribution in [3.63, 3.8) is 0 Å². The Kier molecular flexibility index (Phi) is 4.97. The van der Waals surface area contributed by atoms with Crippen molar-refractivity contribution in [2.45, 2.75) is 0 Å². The van der Waals surface area contributed by atoms with Crippen LogP contribution in [0.1, 0.15) is 36.6 Å². The fraction of sp³-hybridized carbons (Fsp3) is 0. The average molecular weight is 390 g/mol. The molecule has 0 fully saturated rings. The molecule has 3 heterocycles. The summed E-state index contributed by atoms with van der Waals surface area (Å²) in [4.78, 5) is 46.4. The van der Waals surface area contributed by atoms with Gasteiger partial charge in [0.2, 0.25) is 0 Å². The van der Waals surface area contributed by atoms with Gasteiger partial charge >= 0.3 is 17.9 Å². The Morgan fingerprint density at radius 3 is 2.03 bits per heavy atom. The Hall–Kier alpha value is -4.65. The fourth-order valence-electron chi connectivity index (χ4n) is 2.56. The zero-order valence-corrected chi connectivity index (χ0v) is 14.4. The van der Waals surface area contributed by atoms with E-state index in [1.54, 1.807) is 6.07 Å². The molecule has 0 aliphatic heterocycles. The first-order chi connectivity index (χ1) is 13.8. The van der Waals surface area contributed by atoms with E-state index in [-0.39, 0.29) is 45.0 Å². The minimum atomic E-state index is -1.35. The number of nitrogens with zero attached hydrogens (tertiary/aromatic N) is 4. The summed E-state index contributed by atoms with van der Waals surface area (Å²) in [5.74, 6) is -3.86. The number of nitriles is 1. The Labute approximate surface area is 162 Å². The summed E-state index contributed by atoms with van der Waals surface area (Å²) >= 11 is 0. The second-order valence-electron chi connectivity index (χ2n) is 5.67. The number of rotatable bonds is 5. The summed E-state index contributed by atoms with van der Waals surface area (Å²) < 4.78 is 0. The maximum atomic E-state index is 11.6. The lowest BCUT2D eigenvalue weighted by Crippen LogP contribution is -2.06. The molecule has 0 radical (unpaired) electrons. The van der Waals surface area contributed by atoms with E-state index >= 15 is 0 Å². The van der Waals surface area contributed by atoms with Crippen molar-refractivity contribution in [2.75, 3.05) is 0 Å². The Bertz CT molecular complexity index is 1220. The van der Waals surface area contributed by atoms with Crippen molar-refractivity contribution in [3.8, 4) is 28.8 Å². The number of hydrogen-bond acceptors (Lipinski definition) is 7. The highest BCUT2D eigenvalue weighted by Gasteiger charge is 2.20. The molecule has 10 nitrogen and oxygen atoms in total. The smallest absolute Gasteiger partial charge is 0.337 e. The molecule has 3 rings (SSSR count). The first-order valence-corrected chi connectivity index (χ1v) is 7.89. The third-order valence-corrected chi connectivity index (χ3v) is 3.88. The number of hydrogen-bond donors (Lipinski definition) is 3. The number of carboxylic acid groups (broad SMARTS) is 3. The monoisotopic (exact) mass is 390 g/mol. The van der Waals surface area contributed by atoms with Crippen LogP contribution in [0.4, 0.5) is 0 Å². The molecule has 0 aliphatic carbocycles. The number of aromatic carboxylic acids is 3. The van der Waals surface area contributed by atoms with E-state index in [2.05, 4.69) is 15.0 Å². The molecule has 0 amide bonds. The van der Waals surface area contributed by atoms with E-state index in [0.717, 1.165) is 18.3 Å². The van der Waals surface area contributed by atoms with Gasteiger partial charge in [0, 0.05) is 12.4 Å². The van der Waals surface area contributed by atoms with Crippen molar-refractivity contribution in [2.24, 2.45) is 0 Å². The molecule has 10 heteroatoms. The molecular formula is C19H10N4O6. The van der Waals surface area contributed by atoms with Crippen LogP contribution < -0.4 is 0 Å². The third kappa shape index (κ3) is 3.74. The van der Waals surface area contributed by atoms with Crippen molar-refractivity contribution in [1.29, 1.82) is 5.26 Å². The topological polar surface area (TPSA) is 174 Å². The maximum Gasteiger partial charge on any atom is 0.337 e. The second kappa shape index (κ2) is 7.53. The number of pyridine rings is 3.